The van der Waals surface area contributed by atoms with Crippen molar-refractivity contribution < 1.29 is 0 Å². The topological polar surface area (TPSA) is 29.9 Å². The fourth-order valence-corrected chi connectivity index (χ4v) is 2.80. The van der Waals surface area contributed by atoms with Gasteiger partial charge in [0.15, 0.2) is 0 Å². The van der Waals surface area contributed by atoms with E-state index in [0.29, 0.717) is 6.04 Å². The summed E-state index contributed by atoms with van der Waals surface area (Å²) in [7, 11) is 1.94. The maximum absolute atomic E-state index is 6.02. The average Bonchev–Trinajstić information content (AvgIpc) is 2.92. The number of halogens is 1. The molecule has 1 aliphatic rings. The van der Waals surface area contributed by atoms with E-state index >= 15 is 0 Å². The van der Waals surface area contributed by atoms with Crippen molar-refractivity contribution in [1.82, 2.24) is 15.1 Å². The highest BCUT2D eigenvalue weighted by molar-refractivity contribution is 6.30. The van der Waals surface area contributed by atoms with Gasteiger partial charge < -0.3 is 5.32 Å². The minimum absolute atomic E-state index is 0.442. The Morgan fingerprint density at radius 3 is 3.17 bits per heavy atom. The van der Waals surface area contributed by atoms with Gasteiger partial charge in [-0.05, 0) is 36.1 Å². The second kappa shape index (κ2) is 4.75. The first-order valence-electron chi connectivity index (χ1n) is 6.21. The Morgan fingerprint density at radius 1 is 1.50 bits per heavy atom. The molecule has 94 valence electrons. The number of hydrogen-bond donors (Lipinski definition) is 1. The number of benzene rings is 1. The minimum atomic E-state index is 0.442. The summed E-state index contributed by atoms with van der Waals surface area (Å²) in [5.74, 6) is 0. The third kappa shape index (κ3) is 2.28. The summed E-state index contributed by atoms with van der Waals surface area (Å²) in [6.45, 7) is 0.862. The summed E-state index contributed by atoms with van der Waals surface area (Å²) in [6.07, 6.45) is 6.21. The quantitative estimate of drug-likeness (QED) is 0.921. The van der Waals surface area contributed by atoms with Gasteiger partial charge in [-0.3, -0.25) is 4.68 Å². The summed E-state index contributed by atoms with van der Waals surface area (Å²) in [6, 6.07) is 6.65. The second-order valence-corrected chi connectivity index (χ2v) is 5.27. The molecule has 3 nitrogen and oxygen atoms in total. The van der Waals surface area contributed by atoms with Crippen molar-refractivity contribution in [2.45, 2.75) is 25.4 Å². The zero-order valence-corrected chi connectivity index (χ0v) is 11.1. The van der Waals surface area contributed by atoms with Crippen molar-refractivity contribution in [1.29, 1.82) is 0 Å². The summed E-state index contributed by atoms with van der Waals surface area (Å²) in [5, 5.41) is 8.60. The summed E-state index contributed by atoms with van der Waals surface area (Å²) in [4.78, 5) is 0. The van der Waals surface area contributed by atoms with Gasteiger partial charge >= 0.3 is 0 Å². The monoisotopic (exact) mass is 261 g/mol. The summed E-state index contributed by atoms with van der Waals surface area (Å²) >= 11 is 6.02. The molecule has 1 unspecified atom stereocenters. The van der Waals surface area contributed by atoms with Crippen LogP contribution in [0.3, 0.4) is 0 Å². The van der Waals surface area contributed by atoms with E-state index in [1.807, 2.05) is 30.2 Å². The molecule has 18 heavy (non-hydrogen) atoms. The number of nitrogens with one attached hydrogen (secondary N) is 1. The number of hydrogen-bond acceptors (Lipinski definition) is 2. The summed E-state index contributed by atoms with van der Waals surface area (Å²) in [5.41, 5.74) is 3.99. The van der Waals surface area contributed by atoms with Crippen LogP contribution in [0.15, 0.2) is 30.6 Å². The number of nitrogens with zero attached hydrogens (tertiary/aromatic N) is 2. The predicted molar refractivity (Wildman–Crippen MR) is 72.6 cm³/mol. The van der Waals surface area contributed by atoms with Gasteiger partial charge in [0.05, 0.1) is 6.20 Å². The van der Waals surface area contributed by atoms with Crippen LogP contribution in [-0.4, -0.2) is 9.78 Å². The van der Waals surface area contributed by atoms with Gasteiger partial charge in [-0.25, -0.2) is 0 Å². The zero-order chi connectivity index (χ0) is 12.5. The van der Waals surface area contributed by atoms with Crippen LogP contribution in [0.1, 0.15) is 29.2 Å². The van der Waals surface area contributed by atoms with Gasteiger partial charge in [-0.1, -0.05) is 17.7 Å². The van der Waals surface area contributed by atoms with Crippen LogP contribution in [0, 0.1) is 0 Å². The number of aryl methyl sites for hydroxylation is 2. The smallest absolute Gasteiger partial charge is 0.0534 e. The molecule has 0 bridgehead atoms. The zero-order valence-electron chi connectivity index (χ0n) is 10.4. The van der Waals surface area contributed by atoms with E-state index in [9.17, 15) is 0 Å². The van der Waals surface area contributed by atoms with Crippen molar-refractivity contribution in [2.24, 2.45) is 7.05 Å². The Morgan fingerprint density at radius 2 is 2.39 bits per heavy atom. The lowest BCUT2D eigenvalue weighted by Crippen LogP contribution is -2.18. The highest BCUT2D eigenvalue weighted by atomic mass is 35.5. The Bertz CT molecular complexity index is 562. The molecule has 1 aliphatic carbocycles. The molecule has 1 aromatic heterocycles. The Kier molecular flexibility index (Phi) is 3.10. The maximum atomic E-state index is 6.02. The van der Waals surface area contributed by atoms with Crippen LogP contribution in [0.25, 0.3) is 0 Å². The molecular formula is C14H16ClN3. The normalized spacial score (nSPS) is 18.0. The first kappa shape index (κ1) is 11.8. The second-order valence-electron chi connectivity index (χ2n) is 4.84. The van der Waals surface area contributed by atoms with Crippen molar-refractivity contribution in [2.75, 3.05) is 0 Å². The molecule has 0 radical (unpaired) electrons. The number of rotatable bonds is 3. The number of fused-ring (bicyclic) bond motifs is 1. The number of aromatic nitrogens is 2. The fraction of sp³-hybridized carbons (Fsp3) is 0.357. The van der Waals surface area contributed by atoms with Crippen LogP contribution in [0.2, 0.25) is 5.02 Å². The van der Waals surface area contributed by atoms with Crippen molar-refractivity contribution >= 4 is 11.6 Å². The summed E-state index contributed by atoms with van der Waals surface area (Å²) < 4.78 is 1.83. The van der Waals surface area contributed by atoms with Gasteiger partial charge in [-0.2, -0.15) is 5.10 Å². The maximum Gasteiger partial charge on any atom is 0.0534 e. The van der Waals surface area contributed by atoms with Crippen LogP contribution >= 0.6 is 11.6 Å². The third-order valence-corrected chi connectivity index (χ3v) is 3.73. The third-order valence-electron chi connectivity index (χ3n) is 3.49. The molecule has 1 N–H and O–H groups in total. The van der Waals surface area contributed by atoms with E-state index in [0.717, 1.165) is 24.4 Å². The van der Waals surface area contributed by atoms with E-state index in [4.69, 9.17) is 11.6 Å². The highest BCUT2D eigenvalue weighted by Crippen LogP contribution is 2.32. The standard InChI is InChI=1S/C14H16ClN3/c1-18-9-10(8-17-18)7-16-14-5-2-11-6-12(15)3-4-13(11)14/h3-4,6,8-9,14,16H,2,5,7H2,1H3. The van der Waals surface area contributed by atoms with Gasteiger partial charge in [0.2, 0.25) is 0 Å². The molecule has 3 rings (SSSR count). The average molecular weight is 262 g/mol. The van der Waals surface area contributed by atoms with Gasteiger partial charge in [0.25, 0.3) is 0 Å². The first-order chi connectivity index (χ1) is 8.72. The molecular weight excluding hydrogens is 246 g/mol. The minimum Gasteiger partial charge on any atom is -0.306 e. The molecule has 1 heterocycles. The van der Waals surface area contributed by atoms with Gasteiger partial charge in [-0.15, -0.1) is 0 Å². The fourth-order valence-electron chi connectivity index (χ4n) is 2.60. The van der Waals surface area contributed by atoms with Crippen LogP contribution in [0.5, 0.6) is 0 Å². The largest absolute Gasteiger partial charge is 0.306 e. The molecule has 0 amide bonds. The lowest BCUT2D eigenvalue weighted by Gasteiger charge is -2.13. The van der Waals surface area contributed by atoms with Gasteiger partial charge in [0, 0.05) is 36.4 Å². The molecule has 0 saturated heterocycles. The highest BCUT2D eigenvalue weighted by Gasteiger charge is 2.21. The molecule has 2 aromatic rings. The van der Waals surface area contributed by atoms with Crippen LogP contribution < -0.4 is 5.32 Å². The van der Waals surface area contributed by atoms with Crippen molar-refractivity contribution in [3.05, 3.63) is 52.3 Å². The molecule has 1 atom stereocenters. The molecule has 0 saturated carbocycles. The van der Waals surface area contributed by atoms with E-state index < -0.39 is 0 Å². The van der Waals surface area contributed by atoms with Crippen LogP contribution in [0.4, 0.5) is 0 Å². The Labute approximate surface area is 112 Å². The van der Waals surface area contributed by atoms with E-state index in [1.165, 1.54) is 16.7 Å². The Balaban J connectivity index is 1.69. The van der Waals surface area contributed by atoms with Crippen molar-refractivity contribution in [3.8, 4) is 0 Å². The van der Waals surface area contributed by atoms with E-state index in [-0.39, 0.29) is 0 Å². The molecule has 4 heteroatoms. The van der Waals surface area contributed by atoms with E-state index in [1.54, 1.807) is 0 Å². The first-order valence-corrected chi connectivity index (χ1v) is 6.59. The van der Waals surface area contributed by atoms with E-state index in [2.05, 4.69) is 22.5 Å². The molecule has 1 aromatic carbocycles. The SMILES string of the molecule is Cn1cc(CNC2CCc3cc(Cl)ccc32)cn1. The predicted octanol–water partition coefficient (Wildman–Crippen LogP) is 2.85. The lowest BCUT2D eigenvalue weighted by atomic mass is 10.1. The molecule has 0 fully saturated rings. The van der Waals surface area contributed by atoms with Gasteiger partial charge in [0.1, 0.15) is 0 Å². The van der Waals surface area contributed by atoms with Crippen molar-refractivity contribution in [3.63, 3.8) is 0 Å². The lowest BCUT2D eigenvalue weighted by molar-refractivity contribution is 0.530. The van der Waals surface area contributed by atoms with Crippen LogP contribution in [-0.2, 0) is 20.0 Å². The Hall–Kier alpha value is -1.32. The molecule has 0 spiro atoms. The molecule has 0 aliphatic heterocycles.